The first-order valence-electron chi connectivity index (χ1n) is 7.37. The number of benzene rings is 1. The molecule has 1 aromatic carbocycles. The molecular weight excluding hydrogens is 375 g/mol. The minimum atomic E-state index is -4.48. The molecule has 26 heavy (non-hydrogen) atoms. The SMILES string of the molecule is Cc1c(Cl)c(C(=O)N(CC(=O)O)Cc2ccc(C(F)(F)F)cc2)nn1C. The summed E-state index contributed by atoms with van der Waals surface area (Å²) in [6, 6.07) is 4.12. The number of aliphatic carboxylic acids is 1. The highest BCUT2D eigenvalue weighted by Gasteiger charge is 2.30. The van der Waals surface area contributed by atoms with E-state index < -0.39 is 30.2 Å². The molecule has 140 valence electrons. The first kappa shape index (κ1) is 19.8. The molecule has 2 rings (SSSR count). The van der Waals surface area contributed by atoms with Crippen molar-refractivity contribution in [3.05, 3.63) is 51.8 Å². The average Bonchev–Trinajstić information content (AvgIpc) is 2.80. The molecule has 1 amide bonds. The fourth-order valence-corrected chi connectivity index (χ4v) is 2.49. The van der Waals surface area contributed by atoms with Crippen LogP contribution in [0.15, 0.2) is 24.3 Å². The molecule has 0 aliphatic carbocycles. The lowest BCUT2D eigenvalue weighted by Crippen LogP contribution is -2.35. The molecule has 0 bridgehead atoms. The molecule has 0 atom stereocenters. The Kier molecular flexibility index (Phi) is 5.60. The van der Waals surface area contributed by atoms with Crippen LogP contribution >= 0.6 is 11.6 Å². The van der Waals surface area contributed by atoms with E-state index in [0.29, 0.717) is 11.3 Å². The Morgan fingerprint density at radius 3 is 2.27 bits per heavy atom. The van der Waals surface area contributed by atoms with Crippen LogP contribution in [0.5, 0.6) is 0 Å². The lowest BCUT2D eigenvalue weighted by atomic mass is 10.1. The van der Waals surface area contributed by atoms with E-state index in [1.54, 1.807) is 14.0 Å². The highest BCUT2D eigenvalue weighted by molar-refractivity contribution is 6.34. The molecule has 2 aromatic rings. The predicted octanol–water partition coefficient (Wildman–Crippen LogP) is 3.13. The van der Waals surface area contributed by atoms with Crippen LogP contribution in [0.1, 0.15) is 27.3 Å². The second kappa shape index (κ2) is 7.36. The van der Waals surface area contributed by atoms with Crippen molar-refractivity contribution in [1.82, 2.24) is 14.7 Å². The van der Waals surface area contributed by atoms with Crippen molar-refractivity contribution in [1.29, 1.82) is 0 Å². The van der Waals surface area contributed by atoms with E-state index >= 15 is 0 Å². The van der Waals surface area contributed by atoms with Crippen LogP contribution in [-0.4, -0.2) is 38.2 Å². The third-order valence-corrected chi connectivity index (χ3v) is 4.18. The highest BCUT2D eigenvalue weighted by atomic mass is 35.5. The Bertz CT molecular complexity index is 832. The zero-order valence-electron chi connectivity index (χ0n) is 13.8. The van der Waals surface area contributed by atoms with Crippen LogP contribution in [0.2, 0.25) is 5.02 Å². The average molecular weight is 390 g/mol. The molecule has 0 fully saturated rings. The number of carboxylic acids is 1. The number of amides is 1. The summed E-state index contributed by atoms with van der Waals surface area (Å²) in [5.41, 5.74) is -0.0724. The van der Waals surface area contributed by atoms with Crippen molar-refractivity contribution in [3.8, 4) is 0 Å². The summed E-state index contributed by atoms with van der Waals surface area (Å²) in [7, 11) is 1.58. The number of hydrogen-bond donors (Lipinski definition) is 1. The third kappa shape index (κ3) is 4.34. The van der Waals surface area contributed by atoms with E-state index in [4.69, 9.17) is 16.7 Å². The summed E-state index contributed by atoms with van der Waals surface area (Å²) in [5.74, 6) is -1.99. The van der Waals surface area contributed by atoms with Gasteiger partial charge in [0, 0.05) is 13.6 Å². The molecule has 0 saturated heterocycles. The van der Waals surface area contributed by atoms with E-state index in [9.17, 15) is 22.8 Å². The van der Waals surface area contributed by atoms with Gasteiger partial charge in [-0.1, -0.05) is 23.7 Å². The smallest absolute Gasteiger partial charge is 0.416 e. The standard InChI is InChI=1S/C16H15ClF3N3O3/c1-9-13(17)14(21-22(9)2)15(26)23(8-12(24)25)7-10-3-5-11(6-4-10)16(18,19)20/h3-6H,7-8H2,1-2H3,(H,24,25). The number of nitrogens with zero attached hydrogens (tertiary/aromatic N) is 3. The van der Waals surface area contributed by atoms with Gasteiger partial charge in [0.25, 0.3) is 5.91 Å². The number of hydrogen-bond acceptors (Lipinski definition) is 3. The molecule has 0 aliphatic heterocycles. The molecule has 1 aromatic heterocycles. The van der Waals surface area contributed by atoms with Crippen molar-refractivity contribution >= 4 is 23.5 Å². The molecule has 1 N–H and O–H groups in total. The van der Waals surface area contributed by atoms with Crippen LogP contribution in [0.25, 0.3) is 0 Å². The van der Waals surface area contributed by atoms with Gasteiger partial charge in [0.1, 0.15) is 6.54 Å². The lowest BCUT2D eigenvalue weighted by Gasteiger charge is -2.20. The second-order valence-electron chi connectivity index (χ2n) is 5.62. The largest absolute Gasteiger partial charge is 0.480 e. The van der Waals surface area contributed by atoms with Gasteiger partial charge in [0.05, 0.1) is 16.3 Å². The minimum absolute atomic E-state index is 0.0975. The van der Waals surface area contributed by atoms with Crippen LogP contribution < -0.4 is 0 Å². The van der Waals surface area contributed by atoms with Gasteiger partial charge in [-0.2, -0.15) is 18.3 Å². The van der Waals surface area contributed by atoms with Gasteiger partial charge < -0.3 is 10.0 Å². The number of rotatable bonds is 5. The number of carboxylic acid groups (broad SMARTS) is 1. The van der Waals surface area contributed by atoms with Gasteiger partial charge in [-0.15, -0.1) is 0 Å². The summed E-state index contributed by atoms with van der Waals surface area (Å²) in [6.45, 7) is 0.796. The van der Waals surface area contributed by atoms with Gasteiger partial charge in [0.15, 0.2) is 5.69 Å². The number of halogens is 4. The molecule has 10 heteroatoms. The summed E-state index contributed by atoms with van der Waals surface area (Å²) in [6.07, 6.45) is -4.48. The van der Waals surface area contributed by atoms with Gasteiger partial charge >= 0.3 is 12.1 Å². The van der Waals surface area contributed by atoms with Crippen molar-refractivity contribution < 1.29 is 27.9 Å². The molecule has 0 radical (unpaired) electrons. The fourth-order valence-electron chi connectivity index (χ4n) is 2.25. The Labute approximate surface area is 151 Å². The molecule has 0 spiro atoms. The number of carbonyl (C=O) groups excluding carboxylic acids is 1. The summed E-state index contributed by atoms with van der Waals surface area (Å²) >= 11 is 6.06. The van der Waals surface area contributed by atoms with Gasteiger partial charge in [0.2, 0.25) is 0 Å². The highest BCUT2D eigenvalue weighted by Crippen LogP contribution is 2.29. The normalized spacial score (nSPS) is 11.5. The Morgan fingerprint density at radius 2 is 1.85 bits per heavy atom. The molecular formula is C16H15ClF3N3O3. The molecule has 0 aliphatic rings. The number of alkyl halides is 3. The Balaban J connectivity index is 2.28. The maximum Gasteiger partial charge on any atom is 0.416 e. The monoisotopic (exact) mass is 389 g/mol. The Hall–Kier alpha value is -2.55. The van der Waals surface area contributed by atoms with Crippen molar-refractivity contribution in [2.75, 3.05) is 6.54 Å². The molecule has 6 nitrogen and oxygen atoms in total. The fraction of sp³-hybridized carbons (Fsp3) is 0.312. The zero-order valence-corrected chi connectivity index (χ0v) is 14.6. The topological polar surface area (TPSA) is 75.4 Å². The zero-order chi connectivity index (χ0) is 19.6. The molecule has 1 heterocycles. The summed E-state index contributed by atoms with van der Waals surface area (Å²) in [5, 5.41) is 13.1. The maximum atomic E-state index is 12.6. The van der Waals surface area contributed by atoms with E-state index in [0.717, 1.165) is 17.0 Å². The van der Waals surface area contributed by atoms with E-state index in [1.165, 1.54) is 16.8 Å². The summed E-state index contributed by atoms with van der Waals surface area (Å²) < 4.78 is 39.2. The van der Waals surface area contributed by atoms with E-state index in [2.05, 4.69) is 5.10 Å². The first-order chi connectivity index (χ1) is 12.0. The number of aryl methyl sites for hydroxylation is 1. The maximum absolute atomic E-state index is 12.6. The van der Waals surface area contributed by atoms with Gasteiger partial charge in [-0.3, -0.25) is 14.3 Å². The quantitative estimate of drug-likeness (QED) is 0.852. The van der Waals surface area contributed by atoms with Crippen LogP contribution in [0.3, 0.4) is 0 Å². The van der Waals surface area contributed by atoms with Crippen molar-refractivity contribution in [2.24, 2.45) is 7.05 Å². The summed E-state index contributed by atoms with van der Waals surface area (Å²) in [4.78, 5) is 24.7. The van der Waals surface area contributed by atoms with E-state index in [-0.39, 0.29) is 17.3 Å². The van der Waals surface area contributed by atoms with Crippen molar-refractivity contribution in [2.45, 2.75) is 19.6 Å². The number of carbonyl (C=O) groups is 2. The van der Waals surface area contributed by atoms with Gasteiger partial charge in [-0.25, -0.2) is 0 Å². The second-order valence-corrected chi connectivity index (χ2v) is 6.00. The van der Waals surface area contributed by atoms with Crippen LogP contribution in [-0.2, 0) is 24.6 Å². The van der Waals surface area contributed by atoms with Crippen LogP contribution in [0, 0.1) is 6.92 Å². The van der Waals surface area contributed by atoms with Crippen LogP contribution in [0.4, 0.5) is 13.2 Å². The molecule has 0 saturated carbocycles. The third-order valence-electron chi connectivity index (χ3n) is 3.73. The number of aromatic nitrogens is 2. The van der Waals surface area contributed by atoms with Crippen molar-refractivity contribution in [3.63, 3.8) is 0 Å². The van der Waals surface area contributed by atoms with Gasteiger partial charge in [-0.05, 0) is 24.6 Å². The molecule has 0 unspecified atom stereocenters. The first-order valence-corrected chi connectivity index (χ1v) is 7.74. The van der Waals surface area contributed by atoms with E-state index in [1.807, 2.05) is 0 Å². The predicted molar refractivity (Wildman–Crippen MR) is 86.8 cm³/mol. The lowest BCUT2D eigenvalue weighted by molar-refractivity contribution is -0.138. The Morgan fingerprint density at radius 1 is 1.27 bits per heavy atom. The minimum Gasteiger partial charge on any atom is -0.480 e.